The monoisotopic (exact) mass is 420 g/mol. The molecule has 0 saturated carbocycles. The van der Waals surface area contributed by atoms with Gasteiger partial charge in [0.1, 0.15) is 7.11 Å². The zero-order valence-electron chi connectivity index (χ0n) is 16.6. The lowest BCUT2D eigenvalue weighted by atomic mass is 10.0. The number of fused-ring (bicyclic) bond motifs is 4. The van der Waals surface area contributed by atoms with Crippen LogP contribution in [0.5, 0.6) is 17.2 Å². The number of hydrogen-bond donors (Lipinski definition) is 0. The van der Waals surface area contributed by atoms with E-state index in [4.69, 9.17) is 14.4 Å². The summed E-state index contributed by atoms with van der Waals surface area (Å²) < 4.78 is 40.4. The fraction of sp³-hybridized carbons (Fsp3) is 0.300. The number of halogens is 2. The van der Waals surface area contributed by atoms with Crippen LogP contribution in [-0.2, 0) is 14.4 Å². The first-order valence-corrected chi connectivity index (χ1v) is 8.95. The van der Waals surface area contributed by atoms with E-state index in [-0.39, 0.29) is 23.3 Å². The Hall–Kier alpha value is -3.56. The molecule has 0 spiro atoms. The topological polar surface area (TPSA) is 78.8 Å². The Morgan fingerprint density at radius 3 is 2.57 bits per heavy atom. The van der Waals surface area contributed by atoms with Gasteiger partial charge < -0.3 is 23.9 Å². The lowest BCUT2D eigenvalue weighted by Gasteiger charge is -2.36. The average Bonchev–Trinajstić information content (AvgIpc) is 3.03. The summed E-state index contributed by atoms with van der Waals surface area (Å²) in [5.41, 5.74) is 2.48. The van der Waals surface area contributed by atoms with Gasteiger partial charge in [0.15, 0.2) is 23.0 Å². The van der Waals surface area contributed by atoms with E-state index < -0.39 is 12.3 Å². The van der Waals surface area contributed by atoms with Gasteiger partial charge >= 0.3 is 12.3 Å². The van der Waals surface area contributed by atoms with E-state index in [2.05, 4.69) is 14.6 Å². The molecule has 3 aliphatic rings. The summed E-state index contributed by atoms with van der Waals surface area (Å²) in [5, 5.41) is 5.37. The highest BCUT2D eigenvalue weighted by molar-refractivity contribution is 6.44. The highest BCUT2D eigenvalue weighted by Crippen LogP contribution is 2.45. The third-order valence-electron chi connectivity index (χ3n) is 4.78. The molecule has 0 aliphatic carbocycles. The van der Waals surface area contributed by atoms with Crippen molar-refractivity contribution >= 4 is 17.4 Å². The Labute approximate surface area is 170 Å². The lowest BCUT2D eigenvalue weighted by molar-refractivity contribution is -0.286. The van der Waals surface area contributed by atoms with Crippen LogP contribution in [0, 0.1) is 6.92 Å². The predicted molar refractivity (Wildman–Crippen MR) is 101 cm³/mol. The summed E-state index contributed by atoms with van der Waals surface area (Å²) in [6, 6.07) is 7.77. The molecular weight excluding hydrogens is 402 g/mol. The predicted octanol–water partition coefficient (Wildman–Crippen LogP) is 3.72. The standard InChI is InChI=1S/C20H18F2N2O6/c1-10-7-13-9-14(17(23-27-4)19(25)26-3)18(10)30-24(13)11(2)12-5-6-15-16(8-12)29-20(21,22)28-15/h5-9,11H,1-4H3. The third kappa shape index (κ3) is 3.23. The number of alkyl halides is 2. The van der Waals surface area contributed by atoms with Gasteiger partial charge in [-0.1, -0.05) is 11.2 Å². The first-order valence-electron chi connectivity index (χ1n) is 8.95. The fourth-order valence-electron chi connectivity index (χ4n) is 3.38. The largest absolute Gasteiger partial charge is 0.586 e. The maximum absolute atomic E-state index is 13.3. The van der Waals surface area contributed by atoms with Crippen LogP contribution in [0.15, 0.2) is 35.5 Å². The van der Waals surface area contributed by atoms with Crippen molar-refractivity contribution in [1.29, 1.82) is 0 Å². The third-order valence-corrected chi connectivity index (χ3v) is 4.78. The van der Waals surface area contributed by atoms with Crippen LogP contribution < -0.4 is 19.4 Å². The molecule has 0 aromatic heterocycles. The van der Waals surface area contributed by atoms with Crippen LogP contribution in [0.3, 0.4) is 0 Å². The molecule has 0 fully saturated rings. The van der Waals surface area contributed by atoms with Gasteiger partial charge in [-0.2, -0.15) is 0 Å². The van der Waals surface area contributed by atoms with E-state index in [1.54, 1.807) is 17.2 Å². The van der Waals surface area contributed by atoms with E-state index in [1.165, 1.54) is 26.4 Å². The zero-order valence-corrected chi connectivity index (χ0v) is 16.6. The van der Waals surface area contributed by atoms with Gasteiger partial charge in [-0.05, 0) is 49.2 Å². The van der Waals surface area contributed by atoms with Crippen molar-refractivity contribution in [2.24, 2.45) is 5.16 Å². The van der Waals surface area contributed by atoms with Crippen LogP contribution in [0.4, 0.5) is 14.5 Å². The molecule has 0 radical (unpaired) electrons. The normalized spacial score (nSPS) is 16.9. The minimum absolute atomic E-state index is 0.0300. The van der Waals surface area contributed by atoms with Crippen molar-refractivity contribution in [3.63, 3.8) is 0 Å². The van der Waals surface area contributed by atoms with Crippen molar-refractivity contribution in [3.8, 4) is 17.2 Å². The number of oxime groups is 1. The van der Waals surface area contributed by atoms with Crippen LogP contribution >= 0.6 is 0 Å². The van der Waals surface area contributed by atoms with Gasteiger partial charge in [-0.25, -0.2) is 9.86 Å². The zero-order chi connectivity index (χ0) is 21.6. The van der Waals surface area contributed by atoms with E-state index >= 15 is 0 Å². The molecular formula is C20H18F2N2O6. The fourth-order valence-corrected chi connectivity index (χ4v) is 3.38. The average molecular weight is 420 g/mol. The van der Waals surface area contributed by atoms with Gasteiger partial charge in [0.05, 0.1) is 24.4 Å². The lowest BCUT2D eigenvalue weighted by Crippen LogP contribution is -2.35. The van der Waals surface area contributed by atoms with Crippen molar-refractivity contribution in [2.75, 3.05) is 19.3 Å². The van der Waals surface area contributed by atoms with Gasteiger partial charge in [0.25, 0.3) is 0 Å². The Balaban J connectivity index is 1.67. The van der Waals surface area contributed by atoms with Gasteiger partial charge in [-0.3, -0.25) is 0 Å². The second kappa shape index (κ2) is 7.05. The quantitative estimate of drug-likeness (QED) is 0.414. The van der Waals surface area contributed by atoms with Crippen LogP contribution in [-0.4, -0.2) is 32.2 Å². The molecule has 0 amide bonds. The van der Waals surface area contributed by atoms with Gasteiger partial charge in [0.2, 0.25) is 0 Å². The maximum atomic E-state index is 13.3. The summed E-state index contributed by atoms with van der Waals surface area (Å²) in [6.45, 7) is 3.67. The highest BCUT2D eigenvalue weighted by atomic mass is 19.3. The van der Waals surface area contributed by atoms with E-state index in [9.17, 15) is 13.6 Å². The number of carbonyl (C=O) groups is 1. The minimum atomic E-state index is -3.68. The number of esters is 1. The molecule has 3 heterocycles. The summed E-state index contributed by atoms with van der Waals surface area (Å²) >= 11 is 0. The number of benzene rings is 2. The number of anilines is 1. The second-order valence-electron chi connectivity index (χ2n) is 6.72. The summed E-state index contributed by atoms with van der Waals surface area (Å²) in [7, 11) is 2.57. The molecule has 5 rings (SSSR count). The first-order chi connectivity index (χ1) is 14.2. The number of methoxy groups -OCH3 is 1. The van der Waals surface area contributed by atoms with Crippen LogP contribution in [0.2, 0.25) is 0 Å². The molecule has 30 heavy (non-hydrogen) atoms. The van der Waals surface area contributed by atoms with Crippen molar-refractivity contribution in [2.45, 2.75) is 26.2 Å². The number of nitrogens with zero attached hydrogens (tertiary/aromatic N) is 2. The Morgan fingerprint density at radius 2 is 1.90 bits per heavy atom. The second-order valence-corrected chi connectivity index (χ2v) is 6.72. The number of carbonyl (C=O) groups excluding carboxylic acids is 1. The molecule has 2 aromatic rings. The summed E-state index contributed by atoms with van der Waals surface area (Å²) in [5.74, 6) is -0.343. The number of ether oxygens (including phenoxy) is 3. The smallest absolute Gasteiger partial charge is 0.464 e. The summed E-state index contributed by atoms with van der Waals surface area (Å²) in [4.78, 5) is 22.9. The SMILES string of the molecule is CON=C(C(=O)OC)c1cc2cc(C)c1ON2C(C)c1ccc2c(c1)OC(F)(F)O2. The van der Waals surface area contributed by atoms with E-state index in [0.29, 0.717) is 22.6 Å². The minimum Gasteiger partial charge on any atom is -0.464 e. The molecule has 1 atom stereocenters. The van der Waals surface area contributed by atoms with Crippen molar-refractivity contribution in [1.82, 2.24) is 0 Å². The molecule has 2 bridgehead atoms. The molecule has 10 heteroatoms. The number of rotatable bonds is 5. The number of hydrogen-bond acceptors (Lipinski definition) is 8. The Morgan fingerprint density at radius 1 is 1.17 bits per heavy atom. The molecule has 1 unspecified atom stereocenters. The van der Waals surface area contributed by atoms with E-state index in [1.807, 2.05) is 19.9 Å². The van der Waals surface area contributed by atoms with E-state index in [0.717, 1.165) is 5.56 Å². The van der Waals surface area contributed by atoms with Gasteiger partial charge in [-0.15, -0.1) is 8.78 Å². The Kier molecular flexibility index (Phi) is 4.64. The molecule has 0 saturated heterocycles. The molecule has 8 nitrogen and oxygen atoms in total. The number of aryl methyl sites for hydroxylation is 1. The number of hydroxylamine groups is 1. The highest BCUT2D eigenvalue weighted by Gasteiger charge is 2.43. The van der Waals surface area contributed by atoms with Crippen LogP contribution in [0.25, 0.3) is 0 Å². The summed E-state index contributed by atoms with van der Waals surface area (Å²) in [6.07, 6.45) is -3.68. The van der Waals surface area contributed by atoms with Crippen LogP contribution in [0.1, 0.15) is 29.7 Å². The van der Waals surface area contributed by atoms with Crippen molar-refractivity contribution in [3.05, 3.63) is 47.0 Å². The maximum Gasteiger partial charge on any atom is 0.586 e. The van der Waals surface area contributed by atoms with Crippen molar-refractivity contribution < 1.29 is 37.5 Å². The molecule has 3 aliphatic heterocycles. The van der Waals surface area contributed by atoms with Gasteiger partial charge in [0, 0.05) is 0 Å². The molecule has 2 aromatic carbocycles. The Bertz CT molecular complexity index is 1060. The molecule has 158 valence electrons. The molecule has 0 N–H and O–H groups in total. The first kappa shape index (κ1) is 19.7.